The van der Waals surface area contributed by atoms with Gasteiger partial charge in [-0.3, -0.25) is 24.5 Å². The Balaban J connectivity index is 1.60. The Kier molecular flexibility index (Phi) is 5.92. The van der Waals surface area contributed by atoms with Crippen LogP contribution in [0.5, 0.6) is 5.75 Å². The van der Waals surface area contributed by atoms with Crippen LogP contribution in [-0.2, 0) is 13.6 Å². The van der Waals surface area contributed by atoms with Crippen molar-refractivity contribution in [3.05, 3.63) is 55.2 Å². The first kappa shape index (κ1) is 21.5. The summed E-state index contributed by atoms with van der Waals surface area (Å²) in [5, 5.41) is 24.6. The molecule has 0 amide bonds. The van der Waals surface area contributed by atoms with Gasteiger partial charge in [-0.2, -0.15) is 4.98 Å². The van der Waals surface area contributed by atoms with Crippen molar-refractivity contribution in [1.29, 1.82) is 0 Å². The Hall–Kier alpha value is -3.71. The Morgan fingerprint density at radius 2 is 1.94 bits per heavy atom. The van der Waals surface area contributed by atoms with E-state index in [0.29, 0.717) is 24.8 Å². The fourth-order valence-corrected chi connectivity index (χ4v) is 3.62. The molecule has 1 atom stereocenters. The van der Waals surface area contributed by atoms with Gasteiger partial charge < -0.3 is 24.6 Å². The van der Waals surface area contributed by atoms with E-state index in [0.717, 1.165) is 13.1 Å². The number of aryl methyl sites for hydroxylation is 1. The van der Waals surface area contributed by atoms with E-state index in [1.165, 1.54) is 35.9 Å². The number of hydrogen-bond acceptors (Lipinski definition) is 9. The average Bonchev–Trinajstić information content (AvgIpc) is 3.17. The first-order chi connectivity index (χ1) is 15.3. The van der Waals surface area contributed by atoms with Crippen molar-refractivity contribution in [3.63, 3.8) is 0 Å². The molecule has 3 aromatic rings. The minimum Gasteiger partial charge on any atom is -0.491 e. The smallest absolute Gasteiger partial charge is 0.329 e. The number of nitro groups is 1. The van der Waals surface area contributed by atoms with Crippen LogP contribution in [0.4, 0.5) is 11.6 Å². The summed E-state index contributed by atoms with van der Waals surface area (Å²) in [5.74, 6) is 0.857. The molecule has 13 heteroatoms. The largest absolute Gasteiger partial charge is 0.491 e. The van der Waals surface area contributed by atoms with Gasteiger partial charge in [-0.25, -0.2) is 4.79 Å². The van der Waals surface area contributed by atoms with Crippen molar-refractivity contribution < 1.29 is 14.8 Å². The standard InChI is InChI=1S/C19H23N7O6/c1-23-16-15(17(28)22-19(23)29)25(18(21-16)24-8-6-20-7-9-24)10-13(27)11-32-14-4-2-12(3-5-14)26(30)31/h2-5,13,20,27H,6-11H2,1H3,(H,22,28,29)/t13-/m0/s1. The van der Waals surface area contributed by atoms with Gasteiger partial charge in [0.25, 0.3) is 11.2 Å². The van der Waals surface area contributed by atoms with Crippen LogP contribution < -0.4 is 26.2 Å². The molecule has 13 nitrogen and oxygen atoms in total. The van der Waals surface area contributed by atoms with E-state index in [1.807, 2.05) is 4.90 Å². The number of hydrogen-bond donors (Lipinski definition) is 3. The monoisotopic (exact) mass is 445 g/mol. The van der Waals surface area contributed by atoms with Crippen LogP contribution >= 0.6 is 0 Å². The van der Waals surface area contributed by atoms with Gasteiger partial charge in [0.15, 0.2) is 11.2 Å². The molecule has 3 heterocycles. The fraction of sp³-hybridized carbons (Fsp3) is 0.421. The number of anilines is 1. The minimum absolute atomic E-state index is 0.00400. The lowest BCUT2D eigenvalue weighted by Gasteiger charge is -2.29. The summed E-state index contributed by atoms with van der Waals surface area (Å²) in [6.45, 7) is 2.69. The summed E-state index contributed by atoms with van der Waals surface area (Å²) < 4.78 is 8.41. The number of H-pyrrole nitrogens is 1. The quantitative estimate of drug-likeness (QED) is 0.312. The Labute approximate surface area is 181 Å². The predicted molar refractivity (Wildman–Crippen MR) is 115 cm³/mol. The normalized spacial score (nSPS) is 15.1. The molecular weight excluding hydrogens is 422 g/mol. The molecular formula is C19H23N7O6. The molecule has 32 heavy (non-hydrogen) atoms. The molecule has 1 fully saturated rings. The van der Waals surface area contributed by atoms with Gasteiger partial charge in [-0.1, -0.05) is 0 Å². The van der Waals surface area contributed by atoms with Gasteiger partial charge >= 0.3 is 5.69 Å². The second-order valence-electron chi connectivity index (χ2n) is 7.47. The summed E-state index contributed by atoms with van der Waals surface area (Å²) in [5.41, 5.74) is -0.791. The highest BCUT2D eigenvalue weighted by molar-refractivity contribution is 5.74. The molecule has 1 aromatic carbocycles. The van der Waals surface area contributed by atoms with Gasteiger partial charge in [-0.15, -0.1) is 0 Å². The predicted octanol–water partition coefficient (Wildman–Crippen LogP) is -0.819. The minimum atomic E-state index is -1.01. The molecule has 1 aliphatic rings. The lowest BCUT2D eigenvalue weighted by Crippen LogP contribution is -2.45. The molecule has 0 unspecified atom stereocenters. The Bertz CT molecular complexity index is 1240. The van der Waals surface area contributed by atoms with E-state index in [2.05, 4.69) is 15.3 Å². The number of benzene rings is 1. The summed E-state index contributed by atoms with van der Waals surface area (Å²) >= 11 is 0. The summed E-state index contributed by atoms with van der Waals surface area (Å²) in [6.07, 6.45) is -1.01. The maximum Gasteiger partial charge on any atom is 0.329 e. The van der Waals surface area contributed by atoms with Crippen LogP contribution in [0.25, 0.3) is 11.2 Å². The van der Waals surface area contributed by atoms with Crippen molar-refractivity contribution in [2.75, 3.05) is 37.7 Å². The zero-order valence-corrected chi connectivity index (χ0v) is 17.4. The van der Waals surface area contributed by atoms with E-state index in [1.54, 1.807) is 4.57 Å². The van der Waals surface area contributed by atoms with Crippen molar-refractivity contribution in [1.82, 2.24) is 24.4 Å². The SMILES string of the molecule is Cn1c(=O)[nH]c(=O)c2c1nc(N1CCNCC1)n2C[C@H](O)COc1ccc([N+](=O)[O-])cc1. The maximum absolute atomic E-state index is 12.6. The second-order valence-corrected chi connectivity index (χ2v) is 7.47. The molecule has 2 aromatic heterocycles. The van der Waals surface area contributed by atoms with Gasteiger partial charge in [0.2, 0.25) is 5.95 Å². The van der Waals surface area contributed by atoms with Crippen LogP contribution in [0.2, 0.25) is 0 Å². The number of rotatable bonds is 7. The number of aliphatic hydroxyl groups excluding tert-OH is 1. The van der Waals surface area contributed by atoms with Gasteiger partial charge in [0, 0.05) is 45.4 Å². The number of aliphatic hydroxyl groups is 1. The molecule has 1 saturated heterocycles. The lowest BCUT2D eigenvalue weighted by atomic mass is 10.3. The van der Waals surface area contributed by atoms with E-state index in [9.17, 15) is 24.8 Å². The number of fused-ring (bicyclic) bond motifs is 1. The topological polar surface area (TPSA) is 161 Å². The average molecular weight is 445 g/mol. The number of ether oxygens (including phenoxy) is 1. The zero-order valence-electron chi connectivity index (χ0n) is 17.4. The first-order valence-electron chi connectivity index (χ1n) is 10.1. The van der Waals surface area contributed by atoms with E-state index in [4.69, 9.17) is 4.74 Å². The van der Waals surface area contributed by atoms with E-state index >= 15 is 0 Å². The summed E-state index contributed by atoms with van der Waals surface area (Å²) in [7, 11) is 1.52. The molecule has 170 valence electrons. The van der Waals surface area contributed by atoms with E-state index < -0.39 is 22.3 Å². The number of nitrogens with zero attached hydrogens (tertiary/aromatic N) is 5. The molecule has 0 saturated carbocycles. The van der Waals surface area contributed by atoms with Crippen LogP contribution in [0.15, 0.2) is 33.9 Å². The third-order valence-corrected chi connectivity index (χ3v) is 5.27. The fourth-order valence-electron chi connectivity index (χ4n) is 3.62. The molecule has 3 N–H and O–H groups in total. The molecule has 0 radical (unpaired) electrons. The number of nitro benzene ring substituents is 1. The van der Waals surface area contributed by atoms with E-state index in [-0.39, 0.29) is 30.0 Å². The molecule has 1 aliphatic heterocycles. The second kappa shape index (κ2) is 8.80. The summed E-state index contributed by atoms with van der Waals surface area (Å²) in [6, 6.07) is 5.52. The van der Waals surface area contributed by atoms with Crippen molar-refractivity contribution in [3.8, 4) is 5.75 Å². The number of aromatic nitrogens is 4. The highest BCUT2D eigenvalue weighted by Gasteiger charge is 2.24. The Morgan fingerprint density at radius 1 is 1.25 bits per heavy atom. The van der Waals surface area contributed by atoms with Gasteiger partial charge in [0.05, 0.1) is 11.5 Å². The van der Waals surface area contributed by atoms with Crippen LogP contribution in [0.1, 0.15) is 0 Å². The number of non-ortho nitro benzene ring substituents is 1. The van der Waals surface area contributed by atoms with Gasteiger partial charge in [0.1, 0.15) is 18.5 Å². The highest BCUT2D eigenvalue weighted by Crippen LogP contribution is 2.21. The number of nitrogens with one attached hydrogen (secondary N) is 2. The summed E-state index contributed by atoms with van der Waals surface area (Å²) in [4.78, 5) is 43.7. The third-order valence-electron chi connectivity index (χ3n) is 5.27. The molecule has 4 rings (SSSR count). The number of piperazine rings is 1. The van der Waals surface area contributed by atoms with Gasteiger partial charge in [-0.05, 0) is 12.1 Å². The Morgan fingerprint density at radius 3 is 2.59 bits per heavy atom. The van der Waals surface area contributed by atoms with Crippen molar-refractivity contribution in [2.45, 2.75) is 12.6 Å². The molecule has 0 bridgehead atoms. The number of aromatic amines is 1. The maximum atomic E-state index is 12.6. The van der Waals surface area contributed by atoms with Crippen molar-refractivity contribution >= 4 is 22.8 Å². The highest BCUT2D eigenvalue weighted by atomic mass is 16.6. The van der Waals surface area contributed by atoms with Crippen LogP contribution in [0.3, 0.4) is 0 Å². The third kappa shape index (κ3) is 4.20. The molecule has 0 aliphatic carbocycles. The van der Waals surface area contributed by atoms with Crippen molar-refractivity contribution in [2.24, 2.45) is 7.05 Å². The zero-order chi connectivity index (χ0) is 22.8. The van der Waals surface area contributed by atoms with Crippen LogP contribution in [0, 0.1) is 10.1 Å². The van der Waals surface area contributed by atoms with Crippen LogP contribution in [-0.4, -0.2) is 68.0 Å². The number of imidazole rings is 1. The first-order valence-corrected chi connectivity index (χ1v) is 10.1. The lowest BCUT2D eigenvalue weighted by molar-refractivity contribution is -0.384. The molecule has 0 spiro atoms.